The van der Waals surface area contributed by atoms with Crippen LogP contribution in [-0.2, 0) is 0 Å². The normalized spacial score (nSPS) is 9.67. The molecule has 0 amide bonds. The van der Waals surface area contributed by atoms with Gasteiger partial charge in [0.25, 0.3) is 0 Å². The number of pyridine rings is 1. The van der Waals surface area contributed by atoms with Crippen molar-refractivity contribution in [3.8, 4) is 0 Å². The van der Waals surface area contributed by atoms with E-state index in [4.69, 9.17) is 0 Å². The lowest BCUT2D eigenvalue weighted by molar-refractivity contribution is -0.848. The first kappa shape index (κ1) is 6.20. The lowest BCUT2D eigenvalue weighted by Gasteiger charge is -1.88. The molecule has 48 valence electrons. The molecular weight excluding hydrogens is 117 g/mol. The van der Waals surface area contributed by atoms with Crippen molar-refractivity contribution < 1.29 is 9.27 Å². The molecule has 1 nitrogen and oxygen atoms in total. The van der Waals surface area contributed by atoms with Gasteiger partial charge in [0.05, 0.1) is 4.48 Å². The van der Waals surface area contributed by atoms with Crippen LogP contribution in [0.3, 0.4) is 0 Å². The van der Waals surface area contributed by atoms with Gasteiger partial charge in [-0.3, -0.25) is 0 Å². The summed E-state index contributed by atoms with van der Waals surface area (Å²) in [5.41, 5.74) is 1.64. The van der Waals surface area contributed by atoms with Crippen molar-refractivity contribution in [2.75, 3.05) is 0 Å². The van der Waals surface area contributed by atoms with Crippen molar-refractivity contribution in [3.63, 3.8) is 0 Å². The van der Waals surface area contributed by atoms with E-state index >= 15 is 0 Å². The molecule has 0 bridgehead atoms. The third kappa shape index (κ3) is 1.07. The summed E-state index contributed by atoms with van der Waals surface area (Å²) >= 11 is 0. The molecule has 0 aliphatic carbocycles. The summed E-state index contributed by atoms with van der Waals surface area (Å²) in [6.45, 7) is 3.63. The average Bonchev–Trinajstić information content (AvgIpc) is 1.83. The topological polar surface area (TPSA) is 3.88 Å². The number of hydrogen-bond acceptors (Lipinski definition) is 0. The molecule has 0 aliphatic rings. The van der Waals surface area contributed by atoms with Crippen LogP contribution < -0.4 is 4.79 Å². The Morgan fingerprint density at radius 1 is 1.44 bits per heavy atom. The monoisotopic (exact) mass is 126 g/mol. The minimum atomic E-state index is 0.620. The van der Waals surface area contributed by atoms with E-state index in [1.165, 1.54) is 6.20 Å². The molecule has 0 saturated carbocycles. The van der Waals surface area contributed by atoms with Crippen LogP contribution in [0.25, 0.3) is 0 Å². The summed E-state index contributed by atoms with van der Waals surface area (Å²) in [7, 11) is 0. The first-order valence-corrected chi connectivity index (χ1v) is 2.86. The molecule has 0 radical (unpaired) electrons. The molecule has 0 saturated heterocycles. The highest BCUT2D eigenvalue weighted by atomic mass is 19.2. The molecule has 2 heteroatoms. The van der Waals surface area contributed by atoms with Crippen molar-refractivity contribution in [2.24, 2.45) is 0 Å². The van der Waals surface area contributed by atoms with Crippen LogP contribution in [0, 0.1) is 13.8 Å². The van der Waals surface area contributed by atoms with Gasteiger partial charge in [0.2, 0.25) is 11.9 Å². The van der Waals surface area contributed by atoms with E-state index < -0.39 is 0 Å². The van der Waals surface area contributed by atoms with Crippen LogP contribution in [0.5, 0.6) is 0 Å². The molecule has 0 unspecified atom stereocenters. The third-order valence-electron chi connectivity index (χ3n) is 1.45. The highest BCUT2D eigenvalue weighted by Crippen LogP contribution is 1.97. The van der Waals surface area contributed by atoms with Crippen molar-refractivity contribution >= 4 is 0 Å². The maximum absolute atomic E-state index is 12.5. The van der Waals surface area contributed by atoms with E-state index in [1.807, 2.05) is 13.0 Å². The van der Waals surface area contributed by atoms with Gasteiger partial charge in [-0.15, -0.1) is 0 Å². The van der Waals surface area contributed by atoms with E-state index in [0.29, 0.717) is 10.5 Å². The fraction of sp³-hybridized carbons (Fsp3) is 0.286. The second-order valence-corrected chi connectivity index (χ2v) is 2.09. The Bertz CT molecular complexity index is 200. The van der Waals surface area contributed by atoms with Gasteiger partial charge in [-0.25, -0.2) is 0 Å². The molecular formula is C7H9FN+. The van der Waals surface area contributed by atoms with Gasteiger partial charge in [-0.1, -0.05) is 0 Å². The number of rotatable bonds is 0. The fourth-order valence-electron chi connectivity index (χ4n) is 0.664. The molecule has 0 aromatic carbocycles. The number of aromatic nitrogens is 1. The zero-order chi connectivity index (χ0) is 6.85. The SMILES string of the molecule is Cc1ccc[n+](F)c1C. The predicted octanol–water partition coefficient (Wildman–Crippen LogP) is 1.32. The summed E-state index contributed by atoms with van der Waals surface area (Å²) in [5.74, 6) is 0. The molecule has 0 aliphatic heterocycles. The van der Waals surface area contributed by atoms with Crippen LogP contribution in [0.15, 0.2) is 18.3 Å². The number of aryl methyl sites for hydroxylation is 1. The summed E-state index contributed by atoms with van der Waals surface area (Å²) in [6.07, 6.45) is 1.39. The number of hydrogen-bond donors (Lipinski definition) is 0. The summed E-state index contributed by atoms with van der Waals surface area (Å²) in [6, 6.07) is 3.56. The van der Waals surface area contributed by atoms with Gasteiger partial charge in [-0.2, -0.15) is 0 Å². The smallest absolute Gasteiger partial charge is 0.0469 e. The van der Waals surface area contributed by atoms with Crippen LogP contribution in [-0.4, -0.2) is 0 Å². The Morgan fingerprint density at radius 2 is 2.11 bits per heavy atom. The third-order valence-corrected chi connectivity index (χ3v) is 1.45. The molecule has 1 aromatic rings. The second kappa shape index (κ2) is 2.13. The Kier molecular flexibility index (Phi) is 1.47. The van der Waals surface area contributed by atoms with E-state index in [0.717, 1.165) is 5.56 Å². The zero-order valence-electron chi connectivity index (χ0n) is 5.56. The average molecular weight is 126 g/mol. The largest absolute Gasteiger partial charge is 0.230 e. The van der Waals surface area contributed by atoms with E-state index in [2.05, 4.69) is 0 Å². The van der Waals surface area contributed by atoms with Gasteiger partial charge < -0.3 is 0 Å². The molecule has 1 rings (SSSR count). The highest BCUT2D eigenvalue weighted by Gasteiger charge is 2.05. The van der Waals surface area contributed by atoms with Crippen molar-refractivity contribution in [3.05, 3.63) is 29.6 Å². The molecule has 0 spiro atoms. The summed E-state index contributed by atoms with van der Waals surface area (Å²) < 4.78 is 12.5. The number of nitrogens with zero attached hydrogens (tertiary/aromatic N) is 1. The van der Waals surface area contributed by atoms with Crippen molar-refractivity contribution in [1.82, 2.24) is 0 Å². The van der Waals surface area contributed by atoms with Crippen molar-refractivity contribution in [1.29, 1.82) is 0 Å². The number of halogens is 1. The van der Waals surface area contributed by atoms with Crippen LogP contribution in [0.4, 0.5) is 4.48 Å². The van der Waals surface area contributed by atoms with Crippen LogP contribution in [0.1, 0.15) is 11.3 Å². The summed E-state index contributed by atoms with van der Waals surface area (Å²) in [4.78, 5) is 0.620. The van der Waals surface area contributed by atoms with Gasteiger partial charge in [-0.05, 0) is 13.0 Å². The minimum absolute atomic E-state index is 0.620. The first-order valence-electron chi connectivity index (χ1n) is 2.86. The Labute approximate surface area is 53.7 Å². The molecule has 0 atom stereocenters. The van der Waals surface area contributed by atoms with Gasteiger partial charge in [0.1, 0.15) is 0 Å². The molecule has 9 heavy (non-hydrogen) atoms. The zero-order valence-corrected chi connectivity index (χ0v) is 5.56. The van der Waals surface area contributed by atoms with E-state index in [9.17, 15) is 4.48 Å². The molecule has 0 fully saturated rings. The van der Waals surface area contributed by atoms with E-state index in [-0.39, 0.29) is 0 Å². The van der Waals surface area contributed by atoms with Gasteiger partial charge in [0, 0.05) is 23.3 Å². The lowest BCUT2D eigenvalue weighted by atomic mass is 10.2. The summed E-state index contributed by atoms with van der Waals surface area (Å²) in [5, 5.41) is 0. The maximum atomic E-state index is 12.5. The van der Waals surface area contributed by atoms with Crippen molar-refractivity contribution in [2.45, 2.75) is 13.8 Å². The molecule has 0 N–H and O–H groups in total. The maximum Gasteiger partial charge on any atom is 0.230 e. The Hall–Kier alpha value is -0.920. The standard InChI is InChI=1S/C7H9FN/c1-6-4-3-5-9(8)7(6)2/h3-5H,1-2H3/q+1. The lowest BCUT2D eigenvalue weighted by Crippen LogP contribution is -2.26. The van der Waals surface area contributed by atoms with E-state index in [1.54, 1.807) is 13.0 Å². The quantitative estimate of drug-likeness (QED) is 0.493. The fourth-order valence-corrected chi connectivity index (χ4v) is 0.664. The van der Waals surface area contributed by atoms with Crippen LogP contribution >= 0.6 is 0 Å². The van der Waals surface area contributed by atoms with Gasteiger partial charge >= 0.3 is 0 Å². The second-order valence-electron chi connectivity index (χ2n) is 2.09. The Balaban J connectivity index is 3.25. The van der Waals surface area contributed by atoms with Crippen LogP contribution in [0.2, 0.25) is 0 Å². The molecule has 1 heterocycles. The molecule has 1 aromatic heterocycles. The Morgan fingerprint density at radius 3 is 2.56 bits per heavy atom. The minimum Gasteiger partial charge on any atom is -0.0469 e. The first-order chi connectivity index (χ1) is 4.22. The highest BCUT2D eigenvalue weighted by molar-refractivity contribution is 5.10. The van der Waals surface area contributed by atoms with Gasteiger partial charge in [0.15, 0.2) is 0 Å². The predicted molar refractivity (Wildman–Crippen MR) is 32.6 cm³/mol.